The van der Waals surface area contributed by atoms with E-state index in [0.29, 0.717) is 29.1 Å². The van der Waals surface area contributed by atoms with E-state index in [2.05, 4.69) is 4.98 Å². The Bertz CT molecular complexity index is 710. The molecule has 3 rings (SSSR count). The normalized spacial score (nSPS) is 17.4. The zero-order valence-corrected chi connectivity index (χ0v) is 12.3. The Kier molecular flexibility index (Phi) is 3.47. The number of thiazole rings is 1. The van der Waals surface area contributed by atoms with Crippen molar-refractivity contribution in [3.63, 3.8) is 0 Å². The summed E-state index contributed by atoms with van der Waals surface area (Å²) in [6.07, 6.45) is 0.670. The largest absolute Gasteiger partial charge is 0.479 e. The van der Waals surface area contributed by atoms with Crippen molar-refractivity contribution in [3.8, 4) is 0 Å². The summed E-state index contributed by atoms with van der Waals surface area (Å²) < 4.78 is 0. The molecule has 1 unspecified atom stereocenters. The smallest absolute Gasteiger partial charge is 0.331 e. The lowest BCUT2D eigenvalue weighted by atomic mass is 9.92. The number of hydrogen-bond acceptors (Lipinski definition) is 4. The number of amides is 1. The van der Waals surface area contributed by atoms with Crippen LogP contribution in [0.5, 0.6) is 0 Å². The third-order valence-electron chi connectivity index (χ3n) is 3.72. The molecular weight excluding hydrogens is 288 g/mol. The van der Waals surface area contributed by atoms with Gasteiger partial charge < -0.3 is 10.0 Å². The van der Waals surface area contributed by atoms with Crippen LogP contribution in [0.15, 0.2) is 29.8 Å². The molecule has 1 amide bonds. The minimum atomic E-state index is -1.00. The van der Waals surface area contributed by atoms with Gasteiger partial charge in [0, 0.05) is 6.54 Å². The first-order valence-corrected chi connectivity index (χ1v) is 7.49. The van der Waals surface area contributed by atoms with Crippen molar-refractivity contribution in [2.24, 2.45) is 0 Å². The molecule has 1 aromatic heterocycles. The number of fused-ring (bicyclic) bond motifs is 1. The number of benzene rings is 1. The van der Waals surface area contributed by atoms with Crippen LogP contribution in [-0.4, -0.2) is 33.4 Å². The molecule has 1 aliphatic rings. The predicted octanol–water partition coefficient (Wildman–Crippen LogP) is 2.28. The Morgan fingerprint density at radius 3 is 2.81 bits per heavy atom. The zero-order chi connectivity index (χ0) is 15.0. The molecule has 1 aromatic carbocycles. The van der Waals surface area contributed by atoms with E-state index in [1.54, 1.807) is 24.6 Å². The van der Waals surface area contributed by atoms with Gasteiger partial charge in [-0.15, -0.1) is 11.3 Å². The quantitative estimate of drug-likeness (QED) is 0.924. The van der Waals surface area contributed by atoms with Gasteiger partial charge in [-0.2, -0.15) is 0 Å². The van der Waals surface area contributed by atoms with Crippen LogP contribution in [0.25, 0.3) is 0 Å². The maximum absolute atomic E-state index is 12.6. The SMILES string of the molecule is Cc1ncsc1C(=O)N1CCc2ccccc2C1C(=O)O. The molecule has 0 bridgehead atoms. The molecule has 0 radical (unpaired) electrons. The molecule has 0 saturated carbocycles. The van der Waals surface area contributed by atoms with Gasteiger partial charge in [-0.3, -0.25) is 4.79 Å². The van der Waals surface area contributed by atoms with Crippen LogP contribution >= 0.6 is 11.3 Å². The maximum atomic E-state index is 12.6. The van der Waals surface area contributed by atoms with Gasteiger partial charge in [-0.1, -0.05) is 24.3 Å². The number of aromatic nitrogens is 1. The van der Waals surface area contributed by atoms with Crippen molar-refractivity contribution in [1.82, 2.24) is 9.88 Å². The first kappa shape index (κ1) is 13.8. The zero-order valence-electron chi connectivity index (χ0n) is 11.4. The molecule has 0 saturated heterocycles. The van der Waals surface area contributed by atoms with Gasteiger partial charge in [-0.25, -0.2) is 9.78 Å². The summed E-state index contributed by atoms with van der Waals surface area (Å²) in [5, 5.41) is 9.57. The summed E-state index contributed by atoms with van der Waals surface area (Å²) in [7, 11) is 0. The Hall–Kier alpha value is -2.21. The second-order valence-corrected chi connectivity index (χ2v) is 5.81. The Labute approximate surface area is 125 Å². The molecular formula is C15H14N2O3S. The number of carbonyl (C=O) groups excluding carboxylic acids is 1. The summed E-state index contributed by atoms with van der Waals surface area (Å²) in [5.41, 5.74) is 3.95. The van der Waals surface area contributed by atoms with Crippen LogP contribution < -0.4 is 0 Å². The highest BCUT2D eigenvalue weighted by Gasteiger charge is 2.36. The van der Waals surface area contributed by atoms with Crippen LogP contribution in [0.1, 0.15) is 32.5 Å². The molecule has 1 atom stereocenters. The van der Waals surface area contributed by atoms with E-state index >= 15 is 0 Å². The number of aryl methyl sites for hydroxylation is 1. The van der Waals surface area contributed by atoms with Gasteiger partial charge >= 0.3 is 5.97 Å². The summed E-state index contributed by atoms with van der Waals surface area (Å²) in [6.45, 7) is 2.17. The van der Waals surface area contributed by atoms with Crippen LogP contribution in [0.3, 0.4) is 0 Å². The number of hydrogen-bond donors (Lipinski definition) is 1. The fourth-order valence-electron chi connectivity index (χ4n) is 2.69. The highest BCUT2D eigenvalue weighted by molar-refractivity contribution is 7.11. The van der Waals surface area contributed by atoms with E-state index in [9.17, 15) is 14.7 Å². The summed E-state index contributed by atoms with van der Waals surface area (Å²) in [6, 6.07) is 6.48. The fourth-order valence-corrected chi connectivity index (χ4v) is 3.45. The van der Waals surface area contributed by atoms with Crippen molar-refractivity contribution in [2.45, 2.75) is 19.4 Å². The lowest BCUT2D eigenvalue weighted by Gasteiger charge is -2.34. The number of nitrogens with zero attached hydrogens (tertiary/aromatic N) is 2. The van der Waals surface area contributed by atoms with E-state index in [4.69, 9.17) is 0 Å². The average Bonchev–Trinajstić information content (AvgIpc) is 2.91. The minimum Gasteiger partial charge on any atom is -0.479 e. The van der Waals surface area contributed by atoms with Gasteiger partial charge in [0.15, 0.2) is 6.04 Å². The van der Waals surface area contributed by atoms with E-state index in [1.807, 2.05) is 12.1 Å². The van der Waals surface area contributed by atoms with Gasteiger partial charge in [0.25, 0.3) is 5.91 Å². The molecule has 0 spiro atoms. The second kappa shape index (κ2) is 5.29. The Morgan fingerprint density at radius 1 is 1.38 bits per heavy atom. The average molecular weight is 302 g/mol. The van der Waals surface area contributed by atoms with Crippen molar-refractivity contribution in [2.75, 3.05) is 6.54 Å². The van der Waals surface area contributed by atoms with Crippen LogP contribution in [0, 0.1) is 6.92 Å². The highest BCUT2D eigenvalue weighted by Crippen LogP contribution is 2.32. The van der Waals surface area contributed by atoms with Gasteiger partial charge in [0.2, 0.25) is 0 Å². The minimum absolute atomic E-state index is 0.253. The fraction of sp³-hybridized carbons (Fsp3) is 0.267. The lowest BCUT2D eigenvalue weighted by Crippen LogP contribution is -2.43. The number of aliphatic carboxylic acids is 1. The van der Waals surface area contributed by atoms with Crippen molar-refractivity contribution in [3.05, 3.63) is 51.5 Å². The second-order valence-electron chi connectivity index (χ2n) is 4.96. The van der Waals surface area contributed by atoms with Gasteiger partial charge in [0.05, 0.1) is 11.2 Å². The third kappa shape index (κ3) is 2.31. The van der Waals surface area contributed by atoms with Crippen LogP contribution in [0.4, 0.5) is 0 Å². The van der Waals surface area contributed by atoms with Crippen LogP contribution in [0.2, 0.25) is 0 Å². The third-order valence-corrected chi connectivity index (χ3v) is 4.63. The van der Waals surface area contributed by atoms with E-state index in [-0.39, 0.29) is 5.91 Å². The standard InChI is InChI=1S/C15H14N2O3S/c1-9-13(21-8-16-9)14(18)17-7-6-10-4-2-3-5-11(10)12(17)15(19)20/h2-5,8,12H,6-7H2,1H3,(H,19,20). The number of carbonyl (C=O) groups is 2. The predicted molar refractivity (Wildman–Crippen MR) is 78.4 cm³/mol. The van der Waals surface area contributed by atoms with E-state index in [0.717, 1.165) is 5.56 Å². The molecule has 21 heavy (non-hydrogen) atoms. The molecule has 6 heteroatoms. The van der Waals surface area contributed by atoms with Crippen LogP contribution in [-0.2, 0) is 11.2 Å². The monoisotopic (exact) mass is 302 g/mol. The first-order chi connectivity index (χ1) is 10.1. The molecule has 0 aliphatic carbocycles. The van der Waals surface area contributed by atoms with Gasteiger partial charge in [0.1, 0.15) is 4.88 Å². The molecule has 1 aliphatic heterocycles. The maximum Gasteiger partial charge on any atom is 0.331 e. The van der Waals surface area contributed by atoms with Crippen molar-refractivity contribution in [1.29, 1.82) is 0 Å². The first-order valence-electron chi connectivity index (χ1n) is 6.61. The Morgan fingerprint density at radius 2 is 2.14 bits per heavy atom. The molecule has 2 aromatic rings. The van der Waals surface area contributed by atoms with Gasteiger partial charge in [-0.05, 0) is 24.5 Å². The number of carboxylic acid groups (broad SMARTS) is 1. The molecule has 2 heterocycles. The lowest BCUT2D eigenvalue weighted by molar-refractivity contribution is -0.143. The summed E-state index contributed by atoms with van der Waals surface area (Å²) in [5.74, 6) is -1.26. The topological polar surface area (TPSA) is 70.5 Å². The summed E-state index contributed by atoms with van der Waals surface area (Å²) >= 11 is 1.25. The number of carboxylic acids is 1. The van der Waals surface area contributed by atoms with Crippen molar-refractivity contribution < 1.29 is 14.7 Å². The molecule has 5 nitrogen and oxygen atoms in total. The Balaban J connectivity index is 2.02. The summed E-state index contributed by atoms with van der Waals surface area (Å²) in [4.78, 5) is 30.3. The van der Waals surface area contributed by atoms with Crippen molar-refractivity contribution >= 4 is 23.2 Å². The molecule has 108 valence electrons. The van der Waals surface area contributed by atoms with E-state index in [1.165, 1.54) is 16.2 Å². The molecule has 0 fully saturated rings. The number of rotatable bonds is 2. The van der Waals surface area contributed by atoms with E-state index < -0.39 is 12.0 Å². The highest BCUT2D eigenvalue weighted by atomic mass is 32.1. The molecule has 1 N–H and O–H groups in total.